The highest BCUT2D eigenvalue weighted by Gasteiger charge is 2.24. The summed E-state index contributed by atoms with van der Waals surface area (Å²) in [5.41, 5.74) is 1.28. The molecule has 0 bridgehead atoms. The lowest BCUT2D eigenvalue weighted by molar-refractivity contribution is -0.114. The molecule has 2 aromatic rings. The third kappa shape index (κ3) is 3.96. The third-order valence-corrected chi connectivity index (χ3v) is 4.05. The van der Waals surface area contributed by atoms with Crippen LogP contribution in [0.5, 0.6) is 0 Å². The zero-order valence-corrected chi connectivity index (χ0v) is 14.4. The molecule has 8 heteroatoms. The molecule has 1 aromatic heterocycles. The summed E-state index contributed by atoms with van der Waals surface area (Å²) >= 11 is 0. The average Bonchev–Trinajstić information content (AvgIpc) is 3.11. The van der Waals surface area contributed by atoms with Crippen molar-refractivity contribution in [1.82, 2.24) is 15.1 Å². The summed E-state index contributed by atoms with van der Waals surface area (Å²) in [5, 5.41) is 10.7. The van der Waals surface area contributed by atoms with Gasteiger partial charge in [-0.25, -0.2) is 0 Å². The van der Waals surface area contributed by atoms with E-state index in [0.29, 0.717) is 55.8 Å². The highest BCUT2D eigenvalue weighted by atomic mass is 16.4. The molecular formula is C17H21N5O3. The van der Waals surface area contributed by atoms with Gasteiger partial charge in [0.2, 0.25) is 11.8 Å². The van der Waals surface area contributed by atoms with E-state index in [4.69, 9.17) is 4.42 Å². The number of benzene rings is 1. The maximum Gasteiger partial charge on any atom is 0.318 e. The zero-order chi connectivity index (χ0) is 17.8. The van der Waals surface area contributed by atoms with Gasteiger partial charge in [-0.3, -0.25) is 9.59 Å². The monoisotopic (exact) mass is 343 g/mol. The number of aryl methyl sites for hydroxylation is 1. The molecule has 0 unspecified atom stereocenters. The number of hydrogen-bond donors (Lipinski definition) is 1. The molecule has 0 radical (unpaired) electrons. The van der Waals surface area contributed by atoms with Gasteiger partial charge in [-0.1, -0.05) is 12.0 Å². The maximum absolute atomic E-state index is 12.6. The second-order valence-corrected chi connectivity index (χ2v) is 5.87. The fourth-order valence-corrected chi connectivity index (χ4v) is 2.70. The van der Waals surface area contributed by atoms with E-state index in [0.717, 1.165) is 0 Å². The number of rotatable bonds is 4. The van der Waals surface area contributed by atoms with Crippen LogP contribution in [0, 0.1) is 0 Å². The van der Waals surface area contributed by atoms with Gasteiger partial charge < -0.3 is 19.5 Å². The summed E-state index contributed by atoms with van der Waals surface area (Å²) in [4.78, 5) is 27.4. The molecule has 2 heterocycles. The number of nitrogens with zero attached hydrogens (tertiary/aromatic N) is 4. The highest BCUT2D eigenvalue weighted by Crippen LogP contribution is 2.17. The van der Waals surface area contributed by atoms with Crippen molar-refractivity contribution in [3.63, 3.8) is 0 Å². The molecule has 1 aromatic carbocycles. The molecule has 2 amide bonds. The van der Waals surface area contributed by atoms with Gasteiger partial charge >= 0.3 is 6.01 Å². The number of hydrogen-bond acceptors (Lipinski definition) is 6. The molecule has 8 nitrogen and oxygen atoms in total. The number of aromatic nitrogens is 2. The Morgan fingerprint density at radius 2 is 1.80 bits per heavy atom. The normalized spacial score (nSPS) is 14.5. The molecular weight excluding hydrogens is 322 g/mol. The van der Waals surface area contributed by atoms with Crippen LogP contribution in [0.2, 0.25) is 0 Å². The van der Waals surface area contributed by atoms with Gasteiger partial charge in [0.25, 0.3) is 5.91 Å². The Hall–Kier alpha value is -2.90. The van der Waals surface area contributed by atoms with Crippen LogP contribution in [-0.2, 0) is 11.2 Å². The van der Waals surface area contributed by atoms with E-state index in [-0.39, 0.29) is 11.8 Å². The van der Waals surface area contributed by atoms with Crippen molar-refractivity contribution in [2.24, 2.45) is 0 Å². The van der Waals surface area contributed by atoms with Gasteiger partial charge in [0, 0.05) is 50.8 Å². The van der Waals surface area contributed by atoms with Crippen LogP contribution < -0.4 is 10.2 Å². The Morgan fingerprint density at radius 3 is 2.36 bits per heavy atom. The summed E-state index contributed by atoms with van der Waals surface area (Å²) in [6.07, 6.45) is 0.708. The second-order valence-electron chi connectivity index (χ2n) is 5.87. The minimum Gasteiger partial charge on any atom is -0.408 e. The molecule has 1 N–H and O–H groups in total. The lowest BCUT2D eigenvalue weighted by atomic mass is 10.1. The van der Waals surface area contributed by atoms with Gasteiger partial charge in [-0.2, -0.15) is 0 Å². The molecule has 1 fully saturated rings. The van der Waals surface area contributed by atoms with Crippen LogP contribution in [0.3, 0.4) is 0 Å². The van der Waals surface area contributed by atoms with Gasteiger partial charge in [0.05, 0.1) is 0 Å². The molecule has 0 aliphatic carbocycles. The van der Waals surface area contributed by atoms with Gasteiger partial charge in [-0.05, 0) is 24.3 Å². The first-order chi connectivity index (χ1) is 12.1. The van der Waals surface area contributed by atoms with Crippen LogP contribution in [0.4, 0.5) is 11.7 Å². The van der Waals surface area contributed by atoms with Crippen LogP contribution in [0.15, 0.2) is 28.7 Å². The molecule has 1 aliphatic heterocycles. The Labute approximate surface area is 145 Å². The minimum absolute atomic E-state index is 0.0196. The lowest BCUT2D eigenvalue weighted by Crippen LogP contribution is -2.48. The maximum atomic E-state index is 12.6. The third-order valence-electron chi connectivity index (χ3n) is 4.05. The van der Waals surface area contributed by atoms with E-state index >= 15 is 0 Å². The molecule has 25 heavy (non-hydrogen) atoms. The second kappa shape index (κ2) is 7.33. The topological polar surface area (TPSA) is 91.6 Å². The van der Waals surface area contributed by atoms with E-state index in [1.165, 1.54) is 6.92 Å². The van der Waals surface area contributed by atoms with E-state index in [9.17, 15) is 9.59 Å². The lowest BCUT2D eigenvalue weighted by Gasteiger charge is -2.33. The predicted octanol–water partition coefficient (Wildman–Crippen LogP) is 1.55. The number of carbonyl (C=O) groups excluding carboxylic acids is 2. The summed E-state index contributed by atoms with van der Waals surface area (Å²) < 4.78 is 5.56. The van der Waals surface area contributed by atoms with Crippen molar-refractivity contribution in [3.05, 3.63) is 35.7 Å². The van der Waals surface area contributed by atoms with Crippen LogP contribution >= 0.6 is 0 Å². The number of carbonyl (C=O) groups is 2. The Kier molecular flexibility index (Phi) is 4.97. The van der Waals surface area contributed by atoms with Crippen LogP contribution in [0.25, 0.3) is 0 Å². The molecule has 1 aliphatic rings. The fraction of sp³-hybridized carbons (Fsp3) is 0.412. The Morgan fingerprint density at radius 1 is 1.12 bits per heavy atom. The van der Waals surface area contributed by atoms with E-state index in [2.05, 4.69) is 15.5 Å². The van der Waals surface area contributed by atoms with Gasteiger partial charge in [0.1, 0.15) is 0 Å². The molecule has 0 spiro atoms. The number of amides is 2. The fourth-order valence-electron chi connectivity index (χ4n) is 2.70. The smallest absolute Gasteiger partial charge is 0.318 e. The first-order valence-electron chi connectivity index (χ1n) is 8.31. The van der Waals surface area contributed by atoms with E-state index < -0.39 is 0 Å². The Balaban J connectivity index is 1.58. The van der Waals surface area contributed by atoms with Crippen molar-refractivity contribution < 1.29 is 14.0 Å². The van der Waals surface area contributed by atoms with Crippen molar-refractivity contribution in [3.8, 4) is 0 Å². The molecule has 132 valence electrons. The first-order valence-corrected chi connectivity index (χ1v) is 8.31. The van der Waals surface area contributed by atoms with E-state index in [1.807, 2.05) is 11.8 Å². The molecule has 1 saturated heterocycles. The quantitative estimate of drug-likeness (QED) is 0.906. The molecule has 3 rings (SSSR count). The Bertz CT molecular complexity index is 748. The standard InChI is InChI=1S/C17H21N5O3/c1-3-15-19-20-17(25-15)22-10-8-21(9-11-22)16(24)13-4-6-14(7-5-13)18-12(2)23/h4-7H,3,8-11H2,1-2H3,(H,18,23). The van der Waals surface area contributed by atoms with Crippen molar-refractivity contribution in [1.29, 1.82) is 0 Å². The number of anilines is 2. The van der Waals surface area contributed by atoms with Crippen molar-refractivity contribution >= 4 is 23.5 Å². The van der Waals surface area contributed by atoms with Crippen LogP contribution in [-0.4, -0.2) is 53.1 Å². The SMILES string of the molecule is CCc1nnc(N2CCN(C(=O)c3ccc(NC(C)=O)cc3)CC2)o1. The average molecular weight is 343 g/mol. The highest BCUT2D eigenvalue weighted by molar-refractivity contribution is 5.95. The molecule has 0 atom stereocenters. The minimum atomic E-state index is -0.137. The largest absolute Gasteiger partial charge is 0.408 e. The summed E-state index contributed by atoms with van der Waals surface area (Å²) in [7, 11) is 0. The summed E-state index contributed by atoms with van der Waals surface area (Å²) in [5.74, 6) is 0.462. The summed E-state index contributed by atoms with van der Waals surface area (Å²) in [6.45, 7) is 5.91. The predicted molar refractivity (Wildman–Crippen MR) is 92.5 cm³/mol. The van der Waals surface area contributed by atoms with Crippen molar-refractivity contribution in [2.75, 3.05) is 36.4 Å². The number of nitrogens with one attached hydrogen (secondary N) is 1. The molecule has 0 saturated carbocycles. The first kappa shape index (κ1) is 16.9. The number of piperazine rings is 1. The van der Waals surface area contributed by atoms with Gasteiger partial charge in [0.15, 0.2) is 0 Å². The van der Waals surface area contributed by atoms with E-state index in [1.54, 1.807) is 29.2 Å². The van der Waals surface area contributed by atoms with Crippen LogP contribution in [0.1, 0.15) is 30.1 Å². The zero-order valence-electron chi connectivity index (χ0n) is 14.4. The summed E-state index contributed by atoms with van der Waals surface area (Å²) in [6, 6.07) is 7.44. The van der Waals surface area contributed by atoms with Gasteiger partial charge in [-0.15, -0.1) is 5.10 Å². The van der Waals surface area contributed by atoms with Crippen molar-refractivity contribution in [2.45, 2.75) is 20.3 Å².